The van der Waals surface area contributed by atoms with Gasteiger partial charge < -0.3 is 20.4 Å². The summed E-state index contributed by atoms with van der Waals surface area (Å²) in [6, 6.07) is -1.41. The molecule has 0 aromatic rings. The van der Waals surface area contributed by atoms with E-state index in [2.05, 4.69) is 5.32 Å². The van der Waals surface area contributed by atoms with Gasteiger partial charge in [-0.3, -0.25) is 0 Å². The first-order valence-electron chi connectivity index (χ1n) is 4.89. The number of likely N-dealkylation sites (tertiary alicyclic amines) is 1. The Bertz CT molecular complexity index is 267. The van der Waals surface area contributed by atoms with E-state index in [1.165, 1.54) is 0 Å². The smallest absolute Gasteiger partial charge is 0.326 e. The van der Waals surface area contributed by atoms with Crippen LogP contribution in [0.3, 0.4) is 0 Å². The third kappa shape index (κ3) is 2.82. The summed E-state index contributed by atoms with van der Waals surface area (Å²) in [7, 11) is 0. The van der Waals surface area contributed by atoms with Crippen molar-refractivity contribution in [3.8, 4) is 0 Å². The molecule has 2 atom stereocenters. The Labute approximate surface area is 87.9 Å². The van der Waals surface area contributed by atoms with E-state index >= 15 is 0 Å². The van der Waals surface area contributed by atoms with Crippen molar-refractivity contribution < 1.29 is 19.8 Å². The number of aliphatic carboxylic acids is 1. The number of rotatable bonds is 2. The monoisotopic (exact) mass is 216 g/mol. The zero-order valence-corrected chi connectivity index (χ0v) is 8.80. The van der Waals surface area contributed by atoms with Gasteiger partial charge in [0.1, 0.15) is 6.04 Å². The Morgan fingerprint density at radius 3 is 2.53 bits per heavy atom. The standard InChI is InChI=1S/C9H16N2O4/c1-5(2)10-9(15)11-4-6(12)3-7(11)8(13)14/h5-7,12H,3-4H2,1-2H3,(H,10,15)(H,13,14)/t6-,7-/m0/s1. The largest absolute Gasteiger partial charge is 0.480 e. The van der Waals surface area contributed by atoms with Crippen LogP contribution in [0.5, 0.6) is 0 Å². The molecule has 0 saturated carbocycles. The number of carboxylic acid groups (broad SMARTS) is 1. The Hall–Kier alpha value is -1.30. The molecule has 6 heteroatoms. The fraction of sp³-hybridized carbons (Fsp3) is 0.778. The van der Waals surface area contributed by atoms with Crippen LogP contribution in [-0.4, -0.2) is 51.8 Å². The Balaban J connectivity index is 2.66. The van der Waals surface area contributed by atoms with E-state index in [0.29, 0.717) is 0 Å². The summed E-state index contributed by atoms with van der Waals surface area (Å²) in [5.74, 6) is -1.08. The van der Waals surface area contributed by atoms with Gasteiger partial charge >= 0.3 is 12.0 Å². The summed E-state index contributed by atoms with van der Waals surface area (Å²) < 4.78 is 0. The van der Waals surface area contributed by atoms with Crippen molar-refractivity contribution in [1.82, 2.24) is 10.2 Å². The number of aliphatic hydroxyl groups is 1. The van der Waals surface area contributed by atoms with Crippen LogP contribution in [0.4, 0.5) is 4.79 Å². The van der Waals surface area contributed by atoms with Gasteiger partial charge in [0.05, 0.1) is 6.10 Å². The first kappa shape index (κ1) is 11.8. The lowest BCUT2D eigenvalue weighted by Gasteiger charge is -2.22. The number of carbonyl (C=O) groups excluding carboxylic acids is 1. The molecule has 0 aromatic carbocycles. The third-order valence-corrected chi connectivity index (χ3v) is 2.24. The molecule has 0 unspecified atom stereocenters. The van der Waals surface area contributed by atoms with Crippen LogP contribution in [-0.2, 0) is 4.79 Å². The van der Waals surface area contributed by atoms with Crippen LogP contribution < -0.4 is 5.32 Å². The Morgan fingerprint density at radius 2 is 2.07 bits per heavy atom. The van der Waals surface area contributed by atoms with E-state index in [1.807, 2.05) is 0 Å². The minimum absolute atomic E-state index is 0.0512. The minimum Gasteiger partial charge on any atom is -0.480 e. The number of hydrogen-bond donors (Lipinski definition) is 3. The van der Waals surface area contributed by atoms with Gasteiger partial charge in [-0.1, -0.05) is 0 Å². The van der Waals surface area contributed by atoms with Gasteiger partial charge in [0, 0.05) is 19.0 Å². The van der Waals surface area contributed by atoms with Crippen LogP contribution in [0.25, 0.3) is 0 Å². The predicted octanol–water partition coefficient (Wildman–Crippen LogP) is -0.376. The van der Waals surface area contributed by atoms with E-state index in [1.54, 1.807) is 13.8 Å². The van der Waals surface area contributed by atoms with E-state index in [-0.39, 0.29) is 19.0 Å². The van der Waals surface area contributed by atoms with Crippen molar-refractivity contribution in [2.75, 3.05) is 6.54 Å². The maximum absolute atomic E-state index is 11.6. The number of β-amino-alcohol motifs (C(OH)–C–C–N with tert-alkyl or cyclic N) is 1. The molecule has 1 rings (SSSR count). The molecule has 3 N–H and O–H groups in total. The highest BCUT2D eigenvalue weighted by Gasteiger charge is 2.38. The molecule has 0 aromatic heterocycles. The van der Waals surface area contributed by atoms with E-state index in [9.17, 15) is 14.7 Å². The highest BCUT2D eigenvalue weighted by molar-refractivity contribution is 5.83. The average molecular weight is 216 g/mol. The maximum Gasteiger partial charge on any atom is 0.326 e. The second-order valence-electron chi connectivity index (χ2n) is 4.00. The molecule has 0 radical (unpaired) electrons. The normalized spacial score (nSPS) is 25.7. The van der Waals surface area contributed by atoms with Crippen LogP contribution >= 0.6 is 0 Å². The molecule has 86 valence electrons. The van der Waals surface area contributed by atoms with Crippen LogP contribution in [0, 0.1) is 0 Å². The average Bonchev–Trinajstić information content (AvgIpc) is 2.46. The molecule has 1 saturated heterocycles. The number of carboxylic acids is 1. The number of urea groups is 1. The van der Waals surface area contributed by atoms with E-state index in [4.69, 9.17) is 5.11 Å². The summed E-state index contributed by atoms with van der Waals surface area (Å²) in [5.41, 5.74) is 0. The van der Waals surface area contributed by atoms with Gasteiger partial charge in [0.2, 0.25) is 0 Å². The number of nitrogens with zero attached hydrogens (tertiary/aromatic N) is 1. The SMILES string of the molecule is CC(C)NC(=O)N1C[C@@H](O)C[C@H]1C(=O)O. The quantitative estimate of drug-likeness (QED) is 0.587. The summed E-state index contributed by atoms with van der Waals surface area (Å²) in [4.78, 5) is 23.5. The first-order chi connectivity index (χ1) is 6.91. The minimum atomic E-state index is -1.08. The van der Waals surface area contributed by atoms with Crippen molar-refractivity contribution in [3.05, 3.63) is 0 Å². The molecule has 6 nitrogen and oxygen atoms in total. The number of carbonyl (C=O) groups is 2. The molecule has 1 fully saturated rings. The van der Waals surface area contributed by atoms with Crippen molar-refractivity contribution in [2.45, 2.75) is 38.5 Å². The molecule has 1 aliphatic heterocycles. The lowest BCUT2D eigenvalue weighted by Crippen LogP contribution is -2.48. The summed E-state index contributed by atoms with van der Waals surface area (Å²) >= 11 is 0. The van der Waals surface area contributed by atoms with Gasteiger partial charge in [-0.2, -0.15) is 0 Å². The molecule has 1 heterocycles. The number of hydrogen-bond acceptors (Lipinski definition) is 3. The van der Waals surface area contributed by atoms with Crippen molar-refractivity contribution in [3.63, 3.8) is 0 Å². The topological polar surface area (TPSA) is 89.9 Å². The molecular formula is C9H16N2O4. The van der Waals surface area contributed by atoms with Crippen molar-refractivity contribution in [2.24, 2.45) is 0 Å². The second kappa shape index (κ2) is 4.48. The van der Waals surface area contributed by atoms with E-state index in [0.717, 1.165) is 4.90 Å². The maximum atomic E-state index is 11.6. The molecular weight excluding hydrogens is 200 g/mol. The summed E-state index contributed by atoms with van der Waals surface area (Å²) in [5, 5.41) is 20.8. The molecule has 0 aliphatic carbocycles. The van der Waals surface area contributed by atoms with Crippen molar-refractivity contribution >= 4 is 12.0 Å². The zero-order chi connectivity index (χ0) is 11.6. The number of nitrogens with one attached hydrogen (secondary N) is 1. The van der Waals surface area contributed by atoms with Crippen LogP contribution in [0.15, 0.2) is 0 Å². The predicted molar refractivity (Wildman–Crippen MR) is 52.4 cm³/mol. The van der Waals surface area contributed by atoms with Gasteiger partial charge in [-0.15, -0.1) is 0 Å². The van der Waals surface area contributed by atoms with Crippen LogP contribution in [0.1, 0.15) is 20.3 Å². The van der Waals surface area contributed by atoms with Crippen molar-refractivity contribution in [1.29, 1.82) is 0 Å². The lowest BCUT2D eigenvalue weighted by molar-refractivity contribution is -0.141. The fourth-order valence-electron chi connectivity index (χ4n) is 1.60. The zero-order valence-electron chi connectivity index (χ0n) is 8.80. The second-order valence-corrected chi connectivity index (χ2v) is 4.00. The summed E-state index contributed by atoms with van der Waals surface area (Å²) in [6.07, 6.45) is -0.648. The number of amides is 2. The molecule has 0 bridgehead atoms. The Morgan fingerprint density at radius 1 is 1.47 bits per heavy atom. The highest BCUT2D eigenvalue weighted by Crippen LogP contribution is 2.18. The van der Waals surface area contributed by atoms with Gasteiger partial charge in [0.25, 0.3) is 0 Å². The molecule has 15 heavy (non-hydrogen) atoms. The van der Waals surface area contributed by atoms with E-state index < -0.39 is 24.1 Å². The molecule has 2 amide bonds. The van der Waals surface area contributed by atoms with Crippen LogP contribution in [0.2, 0.25) is 0 Å². The summed E-state index contributed by atoms with van der Waals surface area (Å²) in [6.45, 7) is 3.66. The Kier molecular flexibility index (Phi) is 3.52. The number of aliphatic hydroxyl groups excluding tert-OH is 1. The van der Waals surface area contributed by atoms with Gasteiger partial charge in [-0.05, 0) is 13.8 Å². The fourth-order valence-corrected chi connectivity index (χ4v) is 1.60. The lowest BCUT2D eigenvalue weighted by atomic mass is 10.2. The third-order valence-electron chi connectivity index (χ3n) is 2.24. The highest BCUT2D eigenvalue weighted by atomic mass is 16.4. The molecule has 1 aliphatic rings. The van der Waals surface area contributed by atoms with Gasteiger partial charge in [0.15, 0.2) is 0 Å². The first-order valence-corrected chi connectivity index (χ1v) is 4.89. The van der Waals surface area contributed by atoms with Gasteiger partial charge in [-0.25, -0.2) is 9.59 Å². The molecule has 0 spiro atoms.